The molecule has 2 aromatic rings. The predicted molar refractivity (Wildman–Crippen MR) is 81.5 cm³/mol. The lowest BCUT2D eigenvalue weighted by molar-refractivity contribution is 0.222. The molecule has 0 bridgehead atoms. The number of hydrogen-bond acceptors (Lipinski definition) is 6. The maximum Gasteiger partial charge on any atom is 0.322 e. The Kier molecular flexibility index (Phi) is 5.16. The van der Waals surface area contributed by atoms with Crippen molar-refractivity contribution in [3.8, 4) is 11.8 Å². The Balaban J connectivity index is 2.18. The van der Waals surface area contributed by atoms with Crippen LogP contribution in [0.3, 0.4) is 0 Å². The second-order valence-corrected chi connectivity index (χ2v) is 4.80. The van der Waals surface area contributed by atoms with E-state index in [0.717, 1.165) is 11.4 Å². The van der Waals surface area contributed by atoms with Crippen LogP contribution in [0.5, 0.6) is 11.8 Å². The highest BCUT2D eigenvalue weighted by atomic mass is 35.5. The molecule has 0 radical (unpaired) electrons. The van der Waals surface area contributed by atoms with Crippen molar-refractivity contribution >= 4 is 23.2 Å². The maximum absolute atomic E-state index is 5.87. The van der Waals surface area contributed by atoms with E-state index in [0.29, 0.717) is 12.6 Å². The van der Waals surface area contributed by atoms with Crippen LogP contribution < -0.4 is 14.8 Å². The third-order valence-electron chi connectivity index (χ3n) is 2.33. The summed E-state index contributed by atoms with van der Waals surface area (Å²) in [7, 11) is 0. The molecule has 0 aliphatic heterocycles. The van der Waals surface area contributed by atoms with Gasteiger partial charge in [-0.2, -0.15) is 15.0 Å². The fourth-order valence-electron chi connectivity index (χ4n) is 1.61. The summed E-state index contributed by atoms with van der Waals surface area (Å²) >= 11 is 5.87. The second-order valence-electron chi connectivity index (χ2n) is 4.46. The first-order valence-corrected chi connectivity index (χ1v) is 7.02. The van der Waals surface area contributed by atoms with Gasteiger partial charge in [-0.15, -0.1) is 0 Å². The molecule has 1 aromatic heterocycles. The second kappa shape index (κ2) is 7.08. The van der Waals surface area contributed by atoms with Gasteiger partial charge in [0.15, 0.2) is 0 Å². The van der Waals surface area contributed by atoms with E-state index in [1.165, 1.54) is 0 Å². The van der Waals surface area contributed by atoms with Crippen LogP contribution in [0.1, 0.15) is 20.8 Å². The Bertz CT molecular complexity index is 607. The number of aromatic nitrogens is 3. The minimum atomic E-state index is -0.0439. The van der Waals surface area contributed by atoms with Crippen LogP contribution in [0.2, 0.25) is 5.28 Å². The summed E-state index contributed by atoms with van der Waals surface area (Å²) in [5, 5.41) is 3.12. The highest BCUT2D eigenvalue weighted by molar-refractivity contribution is 6.28. The monoisotopic (exact) mass is 308 g/mol. The average Bonchev–Trinajstić information content (AvgIpc) is 2.37. The first-order valence-electron chi connectivity index (χ1n) is 6.65. The minimum Gasteiger partial charge on any atom is -0.494 e. The standard InChI is InChI=1S/C14H17ClN4O2/c1-4-20-11-7-5-6-10(8-11)16-13-17-12(15)18-14(19-13)21-9(2)3/h5-9H,4H2,1-3H3,(H,16,17,18,19). The van der Waals surface area contributed by atoms with Crippen LogP contribution in [0, 0.1) is 0 Å². The van der Waals surface area contributed by atoms with Gasteiger partial charge in [-0.05, 0) is 44.5 Å². The van der Waals surface area contributed by atoms with Gasteiger partial charge in [0.1, 0.15) is 5.75 Å². The minimum absolute atomic E-state index is 0.0439. The van der Waals surface area contributed by atoms with E-state index < -0.39 is 0 Å². The first-order chi connectivity index (χ1) is 10.1. The van der Waals surface area contributed by atoms with Crippen LogP contribution in [0.4, 0.5) is 11.6 Å². The topological polar surface area (TPSA) is 69.2 Å². The van der Waals surface area contributed by atoms with Crippen molar-refractivity contribution in [1.82, 2.24) is 15.0 Å². The van der Waals surface area contributed by atoms with Crippen molar-refractivity contribution in [3.63, 3.8) is 0 Å². The van der Waals surface area contributed by atoms with Gasteiger partial charge in [-0.3, -0.25) is 0 Å². The van der Waals surface area contributed by atoms with Crippen molar-refractivity contribution in [2.45, 2.75) is 26.9 Å². The highest BCUT2D eigenvalue weighted by Gasteiger charge is 2.08. The SMILES string of the molecule is CCOc1cccc(Nc2nc(Cl)nc(OC(C)C)n2)c1. The molecule has 0 atom stereocenters. The van der Waals surface area contributed by atoms with Crippen molar-refractivity contribution in [3.05, 3.63) is 29.5 Å². The lowest BCUT2D eigenvalue weighted by atomic mass is 10.3. The predicted octanol–water partition coefficient (Wildman–Crippen LogP) is 3.45. The molecule has 7 heteroatoms. The molecule has 2 rings (SSSR count). The molecule has 0 fully saturated rings. The molecular weight excluding hydrogens is 292 g/mol. The summed E-state index contributed by atoms with van der Waals surface area (Å²) in [6, 6.07) is 7.67. The van der Waals surface area contributed by atoms with Crippen LogP contribution >= 0.6 is 11.6 Å². The van der Waals surface area contributed by atoms with Gasteiger partial charge in [-0.25, -0.2) is 0 Å². The molecule has 0 aliphatic carbocycles. The smallest absolute Gasteiger partial charge is 0.322 e. The summed E-state index contributed by atoms with van der Waals surface area (Å²) in [5.74, 6) is 1.08. The molecule has 0 spiro atoms. The highest BCUT2D eigenvalue weighted by Crippen LogP contribution is 2.21. The third kappa shape index (κ3) is 4.75. The molecule has 0 aliphatic rings. The molecule has 1 aromatic carbocycles. The lowest BCUT2D eigenvalue weighted by Crippen LogP contribution is -2.10. The number of anilines is 2. The van der Waals surface area contributed by atoms with Gasteiger partial charge < -0.3 is 14.8 Å². The molecule has 1 N–H and O–H groups in total. The molecule has 0 amide bonds. The molecular formula is C14H17ClN4O2. The number of ether oxygens (including phenoxy) is 2. The Hall–Kier alpha value is -2.08. The lowest BCUT2D eigenvalue weighted by Gasteiger charge is -2.10. The Labute approximate surface area is 128 Å². The normalized spacial score (nSPS) is 10.5. The molecule has 1 heterocycles. The maximum atomic E-state index is 5.87. The van der Waals surface area contributed by atoms with E-state index >= 15 is 0 Å². The van der Waals surface area contributed by atoms with E-state index in [-0.39, 0.29) is 17.4 Å². The van der Waals surface area contributed by atoms with Gasteiger partial charge in [0.2, 0.25) is 11.2 Å². The number of benzene rings is 1. The van der Waals surface area contributed by atoms with Gasteiger partial charge in [0.05, 0.1) is 12.7 Å². The van der Waals surface area contributed by atoms with E-state index in [1.807, 2.05) is 45.0 Å². The summed E-state index contributed by atoms with van der Waals surface area (Å²) in [6.07, 6.45) is -0.0439. The number of hydrogen-bond donors (Lipinski definition) is 1. The van der Waals surface area contributed by atoms with Gasteiger partial charge in [-0.1, -0.05) is 6.07 Å². The molecule has 0 saturated heterocycles. The van der Waals surface area contributed by atoms with Crippen LogP contribution in [-0.2, 0) is 0 Å². The van der Waals surface area contributed by atoms with Crippen molar-refractivity contribution in [2.75, 3.05) is 11.9 Å². The molecule has 112 valence electrons. The molecule has 6 nitrogen and oxygen atoms in total. The summed E-state index contributed by atoms with van der Waals surface area (Å²) in [6.45, 7) is 6.31. The third-order valence-corrected chi connectivity index (χ3v) is 2.50. The van der Waals surface area contributed by atoms with E-state index in [4.69, 9.17) is 21.1 Å². The fourth-order valence-corrected chi connectivity index (χ4v) is 1.76. The number of nitrogens with zero attached hydrogens (tertiary/aromatic N) is 3. The Morgan fingerprint density at radius 1 is 1.24 bits per heavy atom. The van der Waals surface area contributed by atoms with Crippen molar-refractivity contribution in [2.24, 2.45) is 0 Å². The van der Waals surface area contributed by atoms with E-state index in [1.54, 1.807) is 0 Å². The van der Waals surface area contributed by atoms with Gasteiger partial charge >= 0.3 is 6.01 Å². The van der Waals surface area contributed by atoms with Crippen molar-refractivity contribution in [1.29, 1.82) is 0 Å². The number of nitrogens with one attached hydrogen (secondary N) is 1. The average molecular weight is 309 g/mol. The number of halogens is 1. The summed E-state index contributed by atoms with van der Waals surface area (Å²) in [4.78, 5) is 12.1. The summed E-state index contributed by atoms with van der Waals surface area (Å²) < 4.78 is 10.9. The van der Waals surface area contributed by atoms with Crippen LogP contribution in [-0.4, -0.2) is 27.7 Å². The van der Waals surface area contributed by atoms with E-state index in [2.05, 4.69) is 20.3 Å². The Morgan fingerprint density at radius 3 is 2.76 bits per heavy atom. The zero-order valence-corrected chi connectivity index (χ0v) is 12.9. The van der Waals surface area contributed by atoms with Gasteiger partial charge in [0.25, 0.3) is 0 Å². The molecule has 0 saturated carbocycles. The summed E-state index contributed by atoms with van der Waals surface area (Å²) in [5.41, 5.74) is 0.790. The Morgan fingerprint density at radius 2 is 2.05 bits per heavy atom. The zero-order valence-electron chi connectivity index (χ0n) is 12.1. The zero-order chi connectivity index (χ0) is 15.2. The quantitative estimate of drug-likeness (QED) is 0.881. The van der Waals surface area contributed by atoms with Crippen LogP contribution in [0.15, 0.2) is 24.3 Å². The van der Waals surface area contributed by atoms with E-state index in [9.17, 15) is 0 Å². The molecule has 0 unspecified atom stereocenters. The fraction of sp³-hybridized carbons (Fsp3) is 0.357. The largest absolute Gasteiger partial charge is 0.494 e. The van der Waals surface area contributed by atoms with Gasteiger partial charge in [0, 0.05) is 11.8 Å². The van der Waals surface area contributed by atoms with Crippen LogP contribution in [0.25, 0.3) is 0 Å². The van der Waals surface area contributed by atoms with Crippen molar-refractivity contribution < 1.29 is 9.47 Å². The number of rotatable bonds is 6. The first kappa shape index (κ1) is 15.3. The molecule has 21 heavy (non-hydrogen) atoms.